The zero-order valence-electron chi connectivity index (χ0n) is 12.8. The van der Waals surface area contributed by atoms with Crippen LogP contribution in [0.5, 0.6) is 0 Å². The maximum atomic E-state index is 12.7. The third-order valence-corrected chi connectivity index (χ3v) is 4.20. The molecule has 1 atom stereocenters. The zero-order valence-corrected chi connectivity index (χ0v) is 12.8. The minimum Gasteiger partial charge on any atom is -0.481 e. The van der Waals surface area contributed by atoms with Crippen LogP contribution in [0.15, 0.2) is 18.2 Å². The lowest BCUT2D eigenvalue weighted by Crippen LogP contribution is -2.40. The molecule has 1 saturated heterocycles. The quantitative estimate of drug-likeness (QED) is 0.927. The zero-order chi connectivity index (χ0) is 15.4. The van der Waals surface area contributed by atoms with Crippen LogP contribution in [0, 0.1) is 19.8 Å². The van der Waals surface area contributed by atoms with E-state index in [0.29, 0.717) is 18.9 Å². The van der Waals surface area contributed by atoms with Crippen molar-refractivity contribution in [3.8, 4) is 0 Å². The molecule has 21 heavy (non-hydrogen) atoms. The molecule has 1 amide bonds. The first-order chi connectivity index (χ1) is 9.97. The second-order valence-corrected chi connectivity index (χ2v) is 6.01. The van der Waals surface area contributed by atoms with Gasteiger partial charge in [0.1, 0.15) is 0 Å². The van der Waals surface area contributed by atoms with Crippen molar-refractivity contribution in [1.29, 1.82) is 0 Å². The molecular weight excluding hydrogens is 266 g/mol. The van der Waals surface area contributed by atoms with Crippen molar-refractivity contribution in [1.82, 2.24) is 4.90 Å². The van der Waals surface area contributed by atoms with Crippen molar-refractivity contribution in [2.24, 2.45) is 5.92 Å². The maximum absolute atomic E-state index is 12.7. The minimum atomic E-state index is -0.757. The summed E-state index contributed by atoms with van der Waals surface area (Å²) in [6.45, 7) is 5.40. The molecule has 1 aromatic carbocycles. The lowest BCUT2D eigenvalue weighted by Gasteiger charge is -2.33. The van der Waals surface area contributed by atoms with Crippen LogP contribution in [-0.2, 0) is 4.79 Å². The van der Waals surface area contributed by atoms with Crippen LogP contribution in [0.2, 0.25) is 0 Å². The van der Waals surface area contributed by atoms with E-state index in [2.05, 4.69) is 0 Å². The van der Waals surface area contributed by atoms with Gasteiger partial charge >= 0.3 is 5.97 Å². The molecular formula is C17H23NO3. The van der Waals surface area contributed by atoms with Gasteiger partial charge in [0.25, 0.3) is 5.91 Å². The number of carboxylic acids is 1. The summed E-state index contributed by atoms with van der Waals surface area (Å²) in [5.41, 5.74) is 2.86. The third-order valence-electron chi connectivity index (χ3n) is 4.20. The number of carbonyl (C=O) groups is 2. The number of carbonyl (C=O) groups excluding carboxylic acids is 1. The lowest BCUT2D eigenvalue weighted by molar-refractivity contribution is -0.137. The second-order valence-electron chi connectivity index (χ2n) is 6.01. The second kappa shape index (κ2) is 6.74. The first-order valence-corrected chi connectivity index (χ1v) is 7.55. The fraction of sp³-hybridized carbons (Fsp3) is 0.529. The van der Waals surface area contributed by atoms with Gasteiger partial charge in [-0.25, -0.2) is 0 Å². The Balaban J connectivity index is 2.05. The Morgan fingerprint density at radius 1 is 1.33 bits per heavy atom. The number of likely N-dealkylation sites (tertiary alicyclic amines) is 1. The standard InChI is InChI=1S/C17H23NO3/c1-12-5-6-13(2)15(10-12)17(21)18-9-3-4-14(11-18)7-8-16(19)20/h5-6,10,14H,3-4,7-9,11H2,1-2H3,(H,19,20)/t14-/m0/s1. The number of amides is 1. The number of aryl methyl sites for hydroxylation is 2. The normalized spacial score (nSPS) is 18.6. The smallest absolute Gasteiger partial charge is 0.303 e. The first kappa shape index (κ1) is 15.5. The first-order valence-electron chi connectivity index (χ1n) is 7.55. The number of rotatable bonds is 4. The van der Waals surface area contributed by atoms with Crippen molar-refractivity contribution in [3.63, 3.8) is 0 Å². The Morgan fingerprint density at radius 2 is 2.10 bits per heavy atom. The van der Waals surface area contributed by atoms with Gasteiger partial charge < -0.3 is 10.0 Å². The summed E-state index contributed by atoms with van der Waals surface area (Å²) in [6.07, 6.45) is 2.83. The molecule has 0 aromatic heterocycles. The summed E-state index contributed by atoms with van der Waals surface area (Å²) in [6, 6.07) is 5.94. The monoisotopic (exact) mass is 289 g/mol. The molecule has 4 nitrogen and oxygen atoms in total. The molecule has 1 aliphatic rings. The van der Waals surface area contributed by atoms with E-state index >= 15 is 0 Å². The molecule has 1 heterocycles. The molecule has 0 aliphatic carbocycles. The largest absolute Gasteiger partial charge is 0.481 e. The van der Waals surface area contributed by atoms with Crippen LogP contribution >= 0.6 is 0 Å². The van der Waals surface area contributed by atoms with Gasteiger partial charge in [0, 0.05) is 25.1 Å². The van der Waals surface area contributed by atoms with Gasteiger partial charge in [0.05, 0.1) is 0 Å². The molecule has 1 fully saturated rings. The van der Waals surface area contributed by atoms with Crippen LogP contribution < -0.4 is 0 Å². The number of nitrogens with zero attached hydrogens (tertiary/aromatic N) is 1. The predicted octanol–water partition coefficient (Wildman–Crippen LogP) is 3.02. The Morgan fingerprint density at radius 3 is 2.81 bits per heavy atom. The summed E-state index contributed by atoms with van der Waals surface area (Å²) in [4.78, 5) is 25.2. The Labute approximate surface area is 125 Å². The molecule has 0 bridgehead atoms. The number of aliphatic carboxylic acids is 1. The van der Waals surface area contributed by atoms with E-state index in [9.17, 15) is 9.59 Å². The highest BCUT2D eigenvalue weighted by Crippen LogP contribution is 2.23. The Hall–Kier alpha value is -1.84. The predicted molar refractivity (Wildman–Crippen MR) is 81.4 cm³/mol. The highest BCUT2D eigenvalue weighted by Gasteiger charge is 2.25. The van der Waals surface area contributed by atoms with Gasteiger partial charge in [0.15, 0.2) is 0 Å². The van der Waals surface area contributed by atoms with E-state index in [4.69, 9.17) is 5.11 Å². The molecule has 0 unspecified atom stereocenters. The van der Waals surface area contributed by atoms with E-state index in [-0.39, 0.29) is 12.3 Å². The summed E-state index contributed by atoms with van der Waals surface area (Å²) in [7, 11) is 0. The SMILES string of the molecule is Cc1ccc(C)c(C(=O)N2CCC[C@@H](CCC(=O)O)C2)c1. The van der Waals surface area contributed by atoms with Crippen LogP contribution in [0.25, 0.3) is 0 Å². The average molecular weight is 289 g/mol. The number of carboxylic acid groups (broad SMARTS) is 1. The highest BCUT2D eigenvalue weighted by atomic mass is 16.4. The summed E-state index contributed by atoms with van der Waals surface area (Å²) >= 11 is 0. The minimum absolute atomic E-state index is 0.0798. The van der Waals surface area contributed by atoms with Crippen LogP contribution in [-0.4, -0.2) is 35.0 Å². The van der Waals surface area contributed by atoms with Gasteiger partial charge in [-0.1, -0.05) is 17.7 Å². The molecule has 4 heteroatoms. The third kappa shape index (κ3) is 4.06. The van der Waals surface area contributed by atoms with Crippen molar-refractivity contribution in [2.75, 3.05) is 13.1 Å². The van der Waals surface area contributed by atoms with Crippen molar-refractivity contribution in [3.05, 3.63) is 34.9 Å². The fourth-order valence-corrected chi connectivity index (χ4v) is 2.95. The van der Waals surface area contributed by atoms with Gasteiger partial charge in [-0.3, -0.25) is 9.59 Å². The van der Waals surface area contributed by atoms with E-state index in [0.717, 1.165) is 36.1 Å². The molecule has 114 valence electrons. The van der Waals surface area contributed by atoms with Gasteiger partial charge in [0.2, 0.25) is 0 Å². The van der Waals surface area contributed by atoms with Gasteiger partial charge in [-0.05, 0) is 50.7 Å². The molecule has 1 aliphatic heterocycles. The number of benzene rings is 1. The lowest BCUT2D eigenvalue weighted by atomic mass is 9.92. The van der Waals surface area contributed by atoms with Crippen molar-refractivity contribution in [2.45, 2.75) is 39.5 Å². The van der Waals surface area contributed by atoms with Gasteiger partial charge in [-0.15, -0.1) is 0 Å². The number of hydrogen-bond donors (Lipinski definition) is 1. The fourth-order valence-electron chi connectivity index (χ4n) is 2.95. The molecule has 0 spiro atoms. The van der Waals surface area contributed by atoms with E-state index in [1.54, 1.807) is 0 Å². The topological polar surface area (TPSA) is 57.6 Å². The van der Waals surface area contributed by atoms with E-state index in [1.165, 1.54) is 0 Å². The maximum Gasteiger partial charge on any atom is 0.303 e. The van der Waals surface area contributed by atoms with E-state index < -0.39 is 5.97 Å². The number of piperidine rings is 1. The molecule has 0 saturated carbocycles. The van der Waals surface area contributed by atoms with Gasteiger partial charge in [-0.2, -0.15) is 0 Å². The molecule has 1 N–H and O–H groups in total. The molecule has 2 rings (SSSR count). The summed E-state index contributed by atoms with van der Waals surface area (Å²) < 4.78 is 0. The molecule has 0 radical (unpaired) electrons. The Kier molecular flexibility index (Phi) is 4.99. The van der Waals surface area contributed by atoms with Crippen LogP contribution in [0.3, 0.4) is 0 Å². The van der Waals surface area contributed by atoms with E-state index in [1.807, 2.05) is 36.9 Å². The number of hydrogen-bond acceptors (Lipinski definition) is 2. The van der Waals surface area contributed by atoms with Crippen LogP contribution in [0.4, 0.5) is 0 Å². The summed E-state index contributed by atoms with van der Waals surface area (Å²) in [5.74, 6) is -0.367. The van der Waals surface area contributed by atoms with Crippen LogP contribution in [0.1, 0.15) is 47.2 Å². The Bertz CT molecular complexity index is 539. The summed E-state index contributed by atoms with van der Waals surface area (Å²) in [5, 5.41) is 8.78. The molecule has 1 aromatic rings. The van der Waals surface area contributed by atoms with Crippen molar-refractivity contribution < 1.29 is 14.7 Å². The average Bonchev–Trinajstić information content (AvgIpc) is 2.47. The van der Waals surface area contributed by atoms with Crippen molar-refractivity contribution >= 4 is 11.9 Å². The highest BCUT2D eigenvalue weighted by molar-refractivity contribution is 5.95.